The third kappa shape index (κ3) is 4.78. The maximum Gasteiger partial charge on any atom is 0.0220 e. The van der Waals surface area contributed by atoms with Crippen LogP contribution in [0.2, 0.25) is 0 Å². The molecule has 0 bridgehead atoms. The molecule has 1 aromatic rings. The predicted octanol–water partition coefficient (Wildman–Crippen LogP) is 2.42. The molecule has 2 nitrogen and oxygen atoms in total. The molecule has 1 unspecified atom stereocenters. The summed E-state index contributed by atoms with van der Waals surface area (Å²) in [7, 11) is 4.25. The van der Waals surface area contributed by atoms with E-state index < -0.39 is 0 Å². The SMILES string of the molecule is CC(C)C(CN(C)C)NCc1ccsc1. The minimum Gasteiger partial charge on any atom is -0.308 e. The third-order valence-electron chi connectivity index (χ3n) is 2.52. The van der Waals surface area contributed by atoms with E-state index in [0.717, 1.165) is 13.1 Å². The summed E-state index contributed by atoms with van der Waals surface area (Å²) < 4.78 is 0. The molecule has 1 rings (SSSR count). The van der Waals surface area contributed by atoms with Gasteiger partial charge in [-0.05, 0) is 42.4 Å². The van der Waals surface area contributed by atoms with Crippen LogP contribution in [0.5, 0.6) is 0 Å². The van der Waals surface area contributed by atoms with Crippen LogP contribution < -0.4 is 5.32 Å². The normalized spacial score (nSPS) is 13.7. The first kappa shape index (κ1) is 12.7. The van der Waals surface area contributed by atoms with Gasteiger partial charge in [-0.3, -0.25) is 0 Å². The predicted molar refractivity (Wildman–Crippen MR) is 68.3 cm³/mol. The highest BCUT2D eigenvalue weighted by molar-refractivity contribution is 7.07. The molecule has 0 spiro atoms. The summed E-state index contributed by atoms with van der Waals surface area (Å²) in [4.78, 5) is 2.24. The fraction of sp³-hybridized carbons (Fsp3) is 0.667. The fourth-order valence-electron chi connectivity index (χ4n) is 1.55. The molecule has 0 amide bonds. The molecular formula is C12H22N2S. The first-order valence-electron chi connectivity index (χ1n) is 5.48. The van der Waals surface area contributed by atoms with Gasteiger partial charge in [0.2, 0.25) is 0 Å². The van der Waals surface area contributed by atoms with Crippen LogP contribution in [0.3, 0.4) is 0 Å². The Labute approximate surface area is 97.3 Å². The number of hydrogen-bond donors (Lipinski definition) is 1. The summed E-state index contributed by atoms with van der Waals surface area (Å²) >= 11 is 1.76. The Kier molecular flexibility index (Phi) is 5.29. The number of thiophene rings is 1. The zero-order chi connectivity index (χ0) is 11.3. The molecule has 0 fully saturated rings. The van der Waals surface area contributed by atoms with Crippen molar-refractivity contribution in [2.45, 2.75) is 26.4 Å². The van der Waals surface area contributed by atoms with Gasteiger partial charge in [-0.2, -0.15) is 11.3 Å². The van der Waals surface area contributed by atoms with E-state index in [-0.39, 0.29) is 0 Å². The van der Waals surface area contributed by atoms with Gasteiger partial charge >= 0.3 is 0 Å². The Bertz CT molecular complexity index is 255. The van der Waals surface area contributed by atoms with Gasteiger partial charge in [0.25, 0.3) is 0 Å². The van der Waals surface area contributed by atoms with Gasteiger partial charge in [0.15, 0.2) is 0 Å². The van der Waals surface area contributed by atoms with E-state index in [1.54, 1.807) is 11.3 Å². The summed E-state index contributed by atoms with van der Waals surface area (Å²) in [6.07, 6.45) is 0. The second-order valence-corrected chi connectivity index (χ2v) is 5.41. The van der Waals surface area contributed by atoms with E-state index in [4.69, 9.17) is 0 Å². The molecule has 1 aromatic heterocycles. The molecule has 0 saturated carbocycles. The molecule has 1 heterocycles. The lowest BCUT2D eigenvalue weighted by molar-refractivity contribution is 0.288. The first-order chi connectivity index (χ1) is 7.09. The second kappa shape index (κ2) is 6.26. The highest BCUT2D eigenvalue weighted by Crippen LogP contribution is 2.08. The largest absolute Gasteiger partial charge is 0.308 e. The monoisotopic (exact) mass is 226 g/mol. The van der Waals surface area contributed by atoms with Crippen LogP contribution in [0.1, 0.15) is 19.4 Å². The van der Waals surface area contributed by atoms with Gasteiger partial charge in [0, 0.05) is 19.1 Å². The van der Waals surface area contributed by atoms with Crippen molar-refractivity contribution in [3.63, 3.8) is 0 Å². The minimum atomic E-state index is 0.569. The van der Waals surface area contributed by atoms with Gasteiger partial charge < -0.3 is 10.2 Å². The molecule has 0 aliphatic heterocycles. The van der Waals surface area contributed by atoms with Crippen molar-refractivity contribution < 1.29 is 0 Å². The standard InChI is InChI=1S/C12H22N2S/c1-10(2)12(8-14(3)4)13-7-11-5-6-15-9-11/h5-6,9-10,12-13H,7-8H2,1-4H3. The van der Waals surface area contributed by atoms with E-state index in [1.165, 1.54) is 5.56 Å². The van der Waals surface area contributed by atoms with E-state index >= 15 is 0 Å². The number of nitrogens with zero attached hydrogens (tertiary/aromatic N) is 1. The van der Waals surface area contributed by atoms with Gasteiger partial charge in [-0.25, -0.2) is 0 Å². The summed E-state index contributed by atoms with van der Waals surface area (Å²) in [6.45, 7) is 6.63. The van der Waals surface area contributed by atoms with E-state index in [1.807, 2.05) is 0 Å². The Morgan fingerprint density at radius 1 is 1.40 bits per heavy atom. The first-order valence-corrected chi connectivity index (χ1v) is 6.43. The number of rotatable bonds is 6. The van der Waals surface area contributed by atoms with E-state index in [0.29, 0.717) is 12.0 Å². The Morgan fingerprint density at radius 2 is 2.13 bits per heavy atom. The van der Waals surface area contributed by atoms with Crippen molar-refractivity contribution in [2.75, 3.05) is 20.6 Å². The summed E-state index contributed by atoms with van der Waals surface area (Å²) in [6, 6.07) is 2.75. The number of hydrogen-bond acceptors (Lipinski definition) is 3. The second-order valence-electron chi connectivity index (χ2n) is 4.63. The van der Waals surface area contributed by atoms with Crippen LogP contribution >= 0.6 is 11.3 Å². The topological polar surface area (TPSA) is 15.3 Å². The Hall–Kier alpha value is -0.380. The van der Waals surface area contributed by atoms with Crippen LogP contribution in [-0.4, -0.2) is 31.6 Å². The molecule has 1 atom stereocenters. The zero-order valence-electron chi connectivity index (χ0n) is 10.2. The van der Waals surface area contributed by atoms with E-state index in [9.17, 15) is 0 Å². The van der Waals surface area contributed by atoms with Crippen LogP contribution in [0.15, 0.2) is 16.8 Å². The van der Waals surface area contributed by atoms with Crippen LogP contribution in [0.25, 0.3) is 0 Å². The molecule has 1 N–H and O–H groups in total. The van der Waals surface area contributed by atoms with Gasteiger partial charge in [-0.1, -0.05) is 13.8 Å². The number of nitrogens with one attached hydrogen (secondary N) is 1. The summed E-state index contributed by atoms with van der Waals surface area (Å²) in [5.74, 6) is 0.672. The molecule has 0 aromatic carbocycles. The fourth-order valence-corrected chi connectivity index (χ4v) is 2.22. The van der Waals surface area contributed by atoms with Crippen LogP contribution in [0, 0.1) is 5.92 Å². The Balaban J connectivity index is 2.38. The molecule has 86 valence electrons. The number of likely N-dealkylation sites (N-methyl/N-ethyl adjacent to an activating group) is 1. The van der Waals surface area contributed by atoms with Crippen molar-refractivity contribution in [3.05, 3.63) is 22.4 Å². The van der Waals surface area contributed by atoms with Crippen LogP contribution in [-0.2, 0) is 6.54 Å². The smallest absolute Gasteiger partial charge is 0.0220 e. The highest BCUT2D eigenvalue weighted by Gasteiger charge is 2.13. The molecule has 3 heteroatoms. The maximum atomic E-state index is 3.62. The average Bonchev–Trinajstić information content (AvgIpc) is 2.63. The van der Waals surface area contributed by atoms with Crippen molar-refractivity contribution >= 4 is 11.3 Å². The lowest BCUT2D eigenvalue weighted by Crippen LogP contribution is -2.41. The lowest BCUT2D eigenvalue weighted by Gasteiger charge is -2.25. The maximum absolute atomic E-state index is 3.62. The van der Waals surface area contributed by atoms with Crippen molar-refractivity contribution in [1.82, 2.24) is 10.2 Å². The quantitative estimate of drug-likeness (QED) is 0.801. The summed E-state index contributed by atoms with van der Waals surface area (Å²) in [5.41, 5.74) is 1.39. The third-order valence-corrected chi connectivity index (χ3v) is 3.25. The molecule has 15 heavy (non-hydrogen) atoms. The highest BCUT2D eigenvalue weighted by atomic mass is 32.1. The molecular weight excluding hydrogens is 204 g/mol. The van der Waals surface area contributed by atoms with Crippen molar-refractivity contribution in [2.24, 2.45) is 5.92 Å². The summed E-state index contributed by atoms with van der Waals surface area (Å²) in [5, 5.41) is 7.96. The zero-order valence-corrected chi connectivity index (χ0v) is 11.0. The van der Waals surface area contributed by atoms with Crippen LogP contribution in [0.4, 0.5) is 0 Å². The molecule has 0 saturated heterocycles. The molecule has 0 aliphatic carbocycles. The van der Waals surface area contributed by atoms with Gasteiger partial charge in [0.05, 0.1) is 0 Å². The minimum absolute atomic E-state index is 0.569. The van der Waals surface area contributed by atoms with Gasteiger partial charge in [0.1, 0.15) is 0 Å². The lowest BCUT2D eigenvalue weighted by atomic mass is 10.0. The van der Waals surface area contributed by atoms with Crippen molar-refractivity contribution in [1.29, 1.82) is 0 Å². The average molecular weight is 226 g/mol. The van der Waals surface area contributed by atoms with E-state index in [2.05, 4.69) is 55.0 Å². The van der Waals surface area contributed by atoms with Gasteiger partial charge in [-0.15, -0.1) is 0 Å². The molecule has 0 aliphatic rings. The molecule has 0 radical (unpaired) electrons. The van der Waals surface area contributed by atoms with Crippen molar-refractivity contribution in [3.8, 4) is 0 Å². The Morgan fingerprint density at radius 3 is 2.60 bits per heavy atom.